The molecule has 2 aromatic heterocycles. The summed E-state index contributed by atoms with van der Waals surface area (Å²) in [4.78, 5) is 41.5. The third-order valence-electron chi connectivity index (χ3n) is 9.61. The third-order valence-corrected chi connectivity index (χ3v) is 9.61. The fourth-order valence-corrected chi connectivity index (χ4v) is 6.71. The van der Waals surface area contributed by atoms with Gasteiger partial charge in [0.15, 0.2) is 5.69 Å². The van der Waals surface area contributed by atoms with E-state index in [9.17, 15) is 19.8 Å². The van der Waals surface area contributed by atoms with Gasteiger partial charge in [0.2, 0.25) is 5.95 Å². The van der Waals surface area contributed by atoms with Crippen LogP contribution >= 0.6 is 0 Å². The maximum Gasteiger partial charge on any atom is 0.274 e. The standard InChI is InChI=1S/C38H48N8O4/c1-4-6-16-43(17-7-5-2)37(50)32-20-26(3)46(42-32)33-15-14-30(41-35(48)29-23-39-38(40-24-29)44-18-10-11-19-44)22-31(33)36(49)45-25-28-13-9-8-12-27(28)21-34(45)47/h8-9,12-15,20,22-24,34,36,47,49H,4-7,10-11,16-19,21,25H2,1-3H3,(H,41,48). The topological polar surface area (TPSA) is 140 Å². The van der Waals surface area contributed by atoms with Crippen molar-refractivity contribution >= 4 is 23.5 Å². The van der Waals surface area contributed by atoms with Crippen LogP contribution in [0.15, 0.2) is 60.9 Å². The molecule has 12 nitrogen and oxygen atoms in total. The maximum atomic E-state index is 13.7. The van der Waals surface area contributed by atoms with Crippen LogP contribution in [0.5, 0.6) is 0 Å². The van der Waals surface area contributed by atoms with E-state index in [0.717, 1.165) is 62.7 Å². The van der Waals surface area contributed by atoms with Gasteiger partial charge in [-0.05, 0) is 68.0 Å². The van der Waals surface area contributed by atoms with Crippen LogP contribution in [0.3, 0.4) is 0 Å². The predicted octanol–water partition coefficient (Wildman–Crippen LogP) is 5.23. The van der Waals surface area contributed by atoms with Crippen molar-refractivity contribution in [2.75, 3.05) is 36.4 Å². The first-order chi connectivity index (χ1) is 24.3. The summed E-state index contributed by atoms with van der Waals surface area (Å²) in [6.45, 7) is 9.55. The lowest BCUT2D eigenvalue weighted by Gasteiger charge is -2.37. The quantitative estimate of drug-likeness (QED) is 0.173. The van der Waals surface area contributed by atoms with Gasteiger partial charge in [-0.25, -0.2) is 19.5 Å². The van der Waals surface area contributed by atoms with E-state index in [1.165, 1.54) is 12.4 Å². The van der Waals surface area contributed by atoms with Gasteiger partial charge in [0, 0.05) is 68.5 Å². The van der Waals surface area contributed by atoms with E-state index in [1.807, 2.05) is 36.1 Å². The number of aliphatic hydroxyl groups is 2. The minimum Gasteiger partial charge on any atom is -0.378 e. The molecule has 0 saturated carbocycles. The number of aryl methyl sites for hydroxylation is 1. The van der Waals surface area contributed by atoms with Crippen LogP contribution in [0.2, 0.25) is 0 Å². The van der Waals surface area contributed by atoms with Crippen LogP contribution in [0.25, 0.3) is 5.69 Å². The van der Waals surface area contributed by atoms with Crippen molar-refractivity contribution in [2.45, 2.75) is 84.7 Å². The molecule has 0 spiro atoms. The number of fused-ring (bicyclic) bond motifs is 1. The molecule has 2 atom stereocenters. The van der Waals surface area contributed by atoms with Crippen LogP contribution in [-0.4, -0.2) is 84.0 Å². The average molecular weight is 681 g/mol. The van der Waals surface area contributed by atoms with Crippen LogP contribution in [-0.2, 0) is 13.0 Å². The number of nitrogens with one attached hydrogen (secondary N) is 1. The molecule has 6 rings (SSSR count). The molecular formula is C38H48N8O4. The number of amides is 2. The number of anilines is 2. The summed E-state index contributed by atoms with van der Waals surface area (Å²) >= 11 is 0. The van der Waals surface area contributed by atoms with Crippen molar-refractivity contribution in [1.29, 1.82) is 0 Å². The molecule has 50 heavy (non-hydrogen) atoms. The van der Waals surface area contributed by atoms with Gasteiger partial charge in [0.1, 0.15) is 12.5 Å². The van der Waals surface area contributed by atoms with E-state index >= 15 is 0 Å². The molecule has 2 amide bonds. The molecule has 1 saturated heterocycles. The van der Waals surface area contributed by atoms with Gasteiger partial charge in [-0.1, -0.05) is 51.0 Å². The Hall–Kier alpha value is -4.65. The summed E-state index contributed by atoms with van der Waals surface area (Å²) in [6.07, 6.45) is 7.19. The van der Waals surface area contributed by atoms with Crippen LogP contribution < -0.4 is 10.2 Å². The van der Waals surface area contributed by atoms with E-state index in [0.29, 0.717) is 65.9 Å². The Kier molecular flexibility index (Phi) is 11.2. The van der Waals surface area contributed by atoms with Crippen LogP contribution in [0.1, 0.15) is 102 Å². The summed E-state index contributed by atoms with van der Waals surface area (Å²) in [6, 6.07) is 14.8. The zero-order chi connectivity index (χ0) is 35.2. The highest BCUT2D eigenvalue weighted by Gasteiger charge is 2.32. The first-order valence-corrected chi connectivity index (χ1v) is 17.8. The summed E-state index contributed by atoms with van der Waals surface area (Å²) in [5, 5.41) is 30.9. The summed E-state index contributed by atoms with van der Waals surface area (Å²) in [5.74, 6) is 0.100. The Morgan fingerprint density at radius 3 is 2.34 bits per heavy atom. The lowest BCUT2D eigenvalue weighted by molar-refractivity contribution is -0.115. The van der Waals surface area contributed by atoms with E-state index in [4.69, 9.17) is 5.10 Å². The molecule has 4 aromatic rings. The minimum atomic E-state index is -1.26. The number of aromatic nitrogens is 4. The number of nitrogens with zero attached hydrogens (tertiary/aromatic N) is 7. The van der Waals surface area contributed by atoms with Crippen molar-refractivity contribution < 1.29 is 19.8 Å². The third kappa shape index (κ3) is 7.72. The molecule has 2 aromatic carbocycles. The van der Waals surface area contributed by atoms with Gasteiger partial charge in [0.25, 0.3) is 11.8 Å². The van der Waals surface area contributed by atoms with Crippen molar-refractivity contribution in [3.63, 3.8) is 0 Å². The number of carbonyl (C=O) groups excluding carboxylic acids is 2. The highest BCUT2D eigenvalue weighted by atomic mass is 16.3. The second-order valence-corrected chi connectivity index (χ2v) is 13.3. The summed E-state index contributed by atoms with van der Waals surface area (Å²) in [5.41, 5.74) is 4.79. The highest BCUT2D eigenvalue weighted by Crippen LogP contribution is 2.34. The number of aliphatic hydroxyl groups excluding tert-OH is 2. The zero-order valence-corrected chi connectivity index (χ0v) is 29.3. The first kappa shape index (κ1) is 35.2. The van der Waals surface area contributed by atoms with E-state index in [-0.39, 0.29) is 11.8 Å². The molecule has 3 N–H and O–H groups in total. The average Bonchev–Trinajstić information content (AvgIpc) is 3.81. The van der Waals surface area contributed by atoms with Gasteiger partial charge in [0.05, 0.1) is 11.3 Å². The van der Waals surface area contributed by atoms with E-state index < -0.39 is 12.5 Å². The van der Waals surface area contributed by atoms with Crippen molar-refractivity contribution in [1.82, 2.24) is 29.5 Å². The number of rotatable bonds is 13. The number of hydrogen-bond acceptors (Lipinski definition) is 9. The molecule has 12 heteroatoms. The molecule has 4 heterocycles. The minimum absolute atomic E-state index is 0.124. The van der Waals surface area contributed by atoms with Gasteiger partial charge >= 0.3 is 0 Å². The number of unbranched alkanes of at least 4 members (excludes halogenated alkanes) is 2. The normalized spacial score (nSPS) is 16.7. The lowest BCUT2D eigenvalue weighted by Crippen LogP contribution is -2.42. The largest absolute Gasteiger partial charge is 0.378 e. The van der Waals surface area contributed by atoms with Crippen molar-refractivity contribution in [3.05, 3.63) is 94.6 Å². The van der Waals surface area contributed by atoms with Crippen LogP contribution in [0, 0.1) is 6.92 Å². The Balaban J connectivity index is 1.32. The molecule has 2 unspecified atom stereocenters. The van der Waals surface area contributed by atoms with E-state index in [2.05, 4.69) is 34.0 Å². The van der Waals surface area contributed by atoms with E-state index in [1.54, 1.807) is 33.8 Å². The molecule has 1 fully saturated rings. The number of benzene rings is 2. The molecule has 264 valence electrons. The Bertz CT molecular complexity index is 1780. The fraction of sp³-hybridized carbons (Fsp3) is 0.447. The summed E-state index contributed by atoms with van der Waals surface area (Å²) in [7, 11) is 0. The highest BCUT2D eigenvalue weighted by molar-refractivity contribution is 6.04. The predicted molar refractivity (Wildman–Crippen MR) is 192 cm³/mol. The molecule has 2 aliphatic heterocycles. The van der Waals surface area contributed by atoms with Crippen LogP contribution in [0.4, 0.5) is 11.6 Å². The number of carbonyl (C=O) groups is 2. The summed E-state index contributed by atoms with van der Waals surface area (Å²) < 4.78 is 1.66. The maximum absolute atomic E-state index is 13.7. The molecule has 0 radical (unpaired) electrons. The fourth-order valence-electron chi connectivity index (χ4n) is 6.71. The first-order valence-electron chi connectivity index (χ1n) is 17.8. The second kappa shape index (κ2) is 15.9. The van der Waals surface area contributed by atoms with Gasteiger partial charge in [-0.2, -0.15) is 5.10 Å². The zero-order valence-electron chi connectivity index (χ0n) is 29.3. The van der Waals surface area contributed by atoms with Crippen molar-refractivity contribution in [2.24, 2.45) is 0 Å². The van der Waals surface area contributed by atoms with Gasteiger partial charge in [-0.3, -0.25) is 9.59 Å². The molecule has 0 bridgehead atoms. The smallest absolute Gasteiger partial charge is 0.274 e. The number of hydrogen-bond donors (Lipinski definition) is 3. The monoisotopic (exact) mass is 680 g/mol. The Morgan fingerprint density at radius 2 is 1.66 bits per heavy atom. The SMILES string of the molecule is CCCCN(CCCC)C(=O)c1cc(C)n(-c2ccc(NC(=O)c3cnc(N4CCCC4)nc3)cc2C(O)N2Cc3ccccc3CC2O)n1. The van der Waals surface area contributed by atoms with Crippen molar-refractivity contribution in [3.8, 4) is 5.69 Å². The van der Waals surface area contributed by atoms with Gasteiger partial charge in [-0.15, -0.1) is 0 Å². The second-order valence-electron chi connectivity index (χ2n) is 13.3. The van der Waals surface area contributed by atoms with Gasteiger partial charge < -0.3 is 25.3 Å². The Labute approximate surface area is 293 Å². The Morgan fingerprint density at radius 1 is 0.980 bits per heavy atom. The molecule has 2 aliphatic rings. The molecular weight excluding hydrogens is 632 g/mol. The molecule has 0 aliphatic carbocycles. The lowest BCUT2D eigenvalue weighted by atomic mass is 9.97.